The topological polar surface area (TPSA) is 19.0 Å². The normalized spacial score (nSPS) is 12.6. The zero-order valence-electron chi connectivity index (χ0n) is 9.90. The van der Waals surface area contributed by atoms with Gasteiger partial charge in [-0.3, -0.25) is 0 Å². The maximum atomic E-state index is 13.0. The van der Waals surface area contributed by atoms with Crippen LogP contribution in [0, 0.1) is 0 Å². The van der Waals surface area contributed by atoms with Crippen molar-refractivity contribution in [1.82, 2.24) is 9.88 Å². The van der Waals surface area contributed by atoms with Crippen molar-refractivity contribution in [2.45, 2.75) is 12.7 Å². The van der Waals surface area contributed by atoms with E-state index in [1.165, 1.54) is 0 Å². The second-order valence-electron chi connectivity index (χ2n) is 4.38. The van der Waals surface area contributed by atoms with Crippen LogP contribution in [0.2, 0.25) is 5.02 Å². The van der Waals surface area contributed by atoms with Gasteiger partial charge in [0.05, 0.1) is 10.5 Å². The fourth-order valence-electron chi connectivity index (χ4n) is 1.96. The number of halogens is 4. The summed E-state index contributed by atoms with van der Waals surface area (Å²) < 4.78 is 38.9. The summed E-state index contributed by atoms with van der Waals surface area (Å²) in [7, 11) is 3.45. The second-order valence-corrected chi connectivity index (χ2v) is 4.78. The molecule has 1 aromatic carbocycles. The molecule has 0 amide bonds. The van der Waals surface area contributed by atoms with E-state index < -0.39 is 11.9 Å². The number of fused-ring (bicyclic) bond motifs is 1. The molecule has 0 saturated carbocycles. The van der Waals surface area contributed by atoms with E-state index >= 15 is 0 Å². The zero-order valence-corrected chi connectivity index (χ0v) is 10.7. The maximum absolute atomic E-state index is 13.0. The van der Waals surface area contributed by atoms with Crippen LogP contribution >= 0.6 is 11.6 Å². The molecule has 0 aliphatic heterocycles. The van der Waals surface area contributed by atoms with E-state index in [4.69, 9.17) is 11.6 Å². The van der Waals surface area contributed by atoms with Crippen LogP contribution in [0.3, 0.4) is 0 Å². The number of para-hydroxylation sites is 1. The summed E-state index contributed by atoms with van der Waals surface area (Å²) in [5.74, 6) is 0. The highest BCUT2D eigenvalue weighted by Crippen LogP contribution is 2.37. The van der Waals surface area contributed by atoms with E-state index in [0.717, 1.165) is 0 Å². The van der Waals surface area contributed by atoms with Crippen LogP contribution in [0.4, 0.5) is 13.2 Å². The molecule has 0 aliphatic rings. The molecule has 18 heavy (non-hydrogen) atoms. The number of hydrogen-bond acceptors (Lipinski definition) is 1. The number of nitrogens with one attached hydrogen (secondary N) is 1. The molecular weight excluding hydrogens is 265 g/mol. The van der Waals surface area contributed by atoms with Gasteiger partial charge in [-0.2, -0.15) is 13.2 Å². The Labute approximate surface area is 107 Å². The first kappa shape index (κ1) is 13.2. The molecule has 0 atom stereocenters. The summed E-state index contributed by atoms with van der Waals surface area (Å²) in [6, 6.07) is 4.86. The Morgan fingerprint density at radius 1 is 1.28 bits per heavy atom. The largest absolute Gasteiger partial charge is 0.431 e. The highest BCUT2D eigenvalue weighted by atomic mass is 35.5. The molecule has 1 heterocycles. The van der Waals surface area contributed by atoms with Gasteiger partial charge in [-0.05, 0) is 20.2 Å². The Balaban J connectivity index is 2.72. The SMILES string of the molecule is CN(C)Cc1c(C(F)(F)F)[nH]c2c(Cl)cccc12. The number of rotatable bonds is 2. The number of benzene rings is 1. The van der Waals surface area contributed by atoms with Crippen LogP contribution in [0.25, 0.3) is 10.9 Å². The van der Waals surface area contributed by atoms with Crippen molar-refractivity contribution in [3.8, 4) is 0 Å². The van der Waals surface area contributed by atoms with E-state index in [9.17, 15) is 13.2 Å². The van der Waals surface area contributed by atoms with Crippen LogP contribution in [0.1, 0.15) is 11.3 Å². The summed E-state index contributed by atoms with van der Waals surface area (Å²) in [4.78, 5) is 4.09. The number of alkyl halides is 3. The molecule has 0 fully saturated rings. The van der Waals surface area contributed by atoms with Gasteiger partial charge in [0.25, 0.3) is 0 Å². The van der Waals surface area contributed by atoms with Gasteiger partial charge in [0, 0.05) is 17.5 Å². The highest BCUT2D eigenvalue weighted by Gasteiger charge is 2.36. The van der Waals surface area contributed by atoms with Gasteiger partial charge >= 0.3 is 6.18 Å². The van der Waals surface area contributed by atoms with Crippen LogP contribution < -0.4 is 0 Å². The third-order valence-electron chi connectivity index (χ3n) is 2.65. The van der Waals surface area contributed by atoms with Crippen molar-refractivity contribution >= 4 is 22.5 Å². The smallest absolute Gasteiger partial charge is 0.350 e. The highest BCUT2D eigenvalue weighted by molar-refractivity contribution is 6.35. The minimum Gasteiger partial charge on any atom is -0.350 e. The van der Waals surface area contributed by atoms with Crippen LogP contribution in [0.5, 0.6) is 0 Å². The third-order valence-corrected chi connectivity index (χ3v) is 2.96. The van der Waals surface area contributed by atoms with E-state index in [1.54, 1.807) is 37.2 Å². The molecular formula is C12H12ClF3N2. The van der Waals surface area contributed by atoms with Gasteiger partial charge in [-0.15, -0.1) is 0 Å². The molecule has 0 aliphatic carbocycles. The Morgan fingerprint density at radius 2 is 1.94 bits per heavy atom. The van der Waals surface area contributed by atoms with Gasteiger partial charge in [0.15, 0.2) is 0 Å². The van der Waals surface area contributed by atoms with Crippen LogP contribution in [-0.4, -0.2) is 24.0 Å². The molecule has 0 unspecified atom stereocenters. The minimum absolute atomic E-state index is 0.204. The lowest BCUT2D eigenvalue weighted by Crippen LogP contribution is -2.15. The monoisotopic (exact) mass is 276 g/mol. The first-order chi connectivity index (χ1) is 8.30. The summed E-state index contributed by atoms with van der Waals surface area (Å²) in [5.41, 5.74) is -0.160. The lowest BCUT2D eigenvalue weighted by molar-refractivity contribution is -0.141. The molecule has 1 aromatic heterocycles. The van der Waals surface area contributed by atoms with Gasteiger partial charge < -0.3 is 9.88 Å². The number of nitrogens with zero attached hydrogens (tertiary/aromatic N) is 1. The minimum atomic E-state index is -4.41. The summed E-state index contributed by atoms with van der Waals surface area (Å²) in [6.07, 6.45) is -4.41. The van der Waals surface area contributed by atoms with Gasteiger partial charge in [0.2, 0.25) is 0 Å². The third kappa shape index (κ3) is 2.33. The van der Waals surface area contributed by atoms with Gasteiger partial charge in [-0.25, -0.2) is 0 Å². The average Bonchev–Trinajstić information content (AvgIpc) is 2.57. The number of H-pyrrole nitrogens is 1. The molecule has 0 bridgehead atoms. The van der Waals surface area contributed by atoms with Crippen molar-refractivity contribution in [2.24, 2.45) is 0 Å². The van der Waals surface area contributed by atoms with Crippen LogP contribution in [-0.2, 0) is 12.7 Å². The molecule has 6 heteroatoms. The molecule has 2 rings (SSSR count). The lowest BCUT2D eigenvalue weighted by atomic mass is 10.1. The van der Waals surface area contributed by atoms with Crippen molar-refractivity contribution in [1.29, 1.82) is 0 Å². The number of aromatic nitrogens is 1. The standard InChI is InChI=1S/C12H12ClF3N2/c1-18(2)6-8-7-4-3-5-9(13)10(7)17-11(8)12(14,15)16/h3-5,17H,6H2,1-2H3. The number of hydrogen-bond donors (Lipinski definition) is 1. The average molecular weight is 277 g/mol. The quantitative estimate of drug-likeness (QED) is 0.881. The van der Waals surface area contributed by atoms with Crippen molar-refractivity contribution < 1.29 is 13.2 Å². The Bertz CT molecular complexity index is 572. The predicted molar refractivity (Wildman–Crippen MR) is 65.7 cm³/mol. The Morgan fingerprint density at radius 3 is 2.50 bits per heavy atom. The summed E-state index contributed by atoms with van der Waals surface area (Å²) in [5, 5.41) is 0.812. The van der Waals surface area contributed by atoms with E-state index in [0.29, 0.717) is 15.9 Å². The van der Waals surface area contributed by atoms with E-state index in [-0.39, 0.29) is 12.1 Å². The lowest BCUT2D eigenvalue weighted by Gasteiger charge is -2.12. The summed E-state index contributed by atoms with van der Waals surface area (Å²) >= 11 is 5.92. The van der Waals surface area contributed by atoms with Crippen molar-refractivity contribution in [2.75, 3.05) is 14.1 Å². The fourth-order valence-corrected chi connectivity index (χ4v) is 2.18. The molecule has 1 N–H and O–H groups in total. The van der Waals surface area contributed by atoms with E-state index in [2.05, 4.69) is 4.98 Å². The van der Waals surface area contributed by atoms with Gasteiger partial charge in [-0.1, -0.05) is 23.7 Å². The molecule has 0 saturated heterocycles. The molecule has 2 nitrogen and oxygen atoms in total. The fraction of sp³-hybridized carbons (Fsp3) is 0.333. The second kappa shape index (κ2) is 4.48. The van der Waals surface area contributed by atoms with Crippen molar-refractivity contribution in [3.63, 3.8) is 0 Å². The Hall–Kier alpha value is -1.20. The molecule has 2 aromatic rings. The number of aromatic amines is 1. The zero-order chi connectivity index (χ0) is 13.5. The van der Waals surface area contributed by atoms with Gasteiger partial charge in [0.1, 0.15) is 5.69 Å². The first-order valence-corrected chi connectivity index (χ1v) is 5.69. The molecule has 0 spiro atoms. The van der Waals surface area contributed by atoms with Crippen molar-refractivity contribution in [3.05, 3.63) is 34.5 Å². The van der Waals surface area contributed by atoms with E-state index in [1.807, 2.05) is 0 Å². The molecule has 98 valence electrons. The van der Waals surface area contributed by atoms with Crippen LogP contribution in [0.15, 0.2) is 18.2 Å². The maximum Gasteiger partial charge on any atom is 0.431 e. The summed E-state index contributed by atoms with van der Waals surface area (Å²) in [6.45, 7) is 0.204. The molecule has 0 radical (unpaired) electrons. The first-order valence-electron chi connectivity index (χ1n) is 5.31. The predicted octanol–water partition coefficient (Wildman–Crippen LogP) is 3.90. The Kier molecular flexibility index (Phi) is 3.29.